The van der Waals surface area contributed by atoms with Gasteiger partial charge in [0.05, 0.1) is 10.6 Å². The van der Waals surface area contributed by atoms with Crippen molar-refractivity contribution in [3.05, 3.63) is 24.3 Å². The van der Waals surface area contributed by atoms with E-state index in [1.54, 1.807) is 0 Å². The number of hydrogen-bond donors (Lipinski definition) is 4. The Kier molecular flexibility index (Phi) is 4.25. The summed E-state index contributed by atoms with van der Waals surface area (Å²) in [6, 6.07) is 3.63. The zero-order chi connectivity index (χ0) is 17.6. The summed E-state index contributed by atoms with van der Waals surface area (Å²) < 4.78 is 89.7. The molecule has 10 nitrogen and oxygen atoms in total. The molecule has 0 aromatic heterocycles. The van der Waals surface area contributed by atoms with Crippen LogP contribution in [0.1, 0.15) is 0 Å². The summed E-state index contributed by atoms with van der Waals surface area (Å²) in [5.41, 5.74) is 5.06. The molecule has 2 aromatic carbocycles. The minimum Gasteiger partial charge on any atom is -0.398 e. The van der Waals surface area contributed by atoms with Gasteiger partial charge in [-0.1, -0.05) is 0 Å². The highest BCUT2D eigenvalue weighted by Gasteiger charge is 2.23. The van der Waals surface area contributed by atoms with Gasteiger partial charge in [0, 0.05) is 16.8 Å². The van der Waals surface area contributed by atoms with E-state index in [0.29, 0.717) is 6.07 Å². The highest BCUT2D eigenvalue weighted by atomic mass is 32.2. The Morgan fingerprint density at radius 2 is 1.57 bits per heavy atom. The summed E-state index contributed by atoms with van der Waals surface area (Å²) in [6.45, 7) is 0. The summed E-state index contributed by atoms with van der Waals surface area (Å²) >= 11 is 0. The molecule has 126 valence electrons. The third kappa shape index (κ3) is 3.53. The van der Waals surface area contributed by atoms with Crippen LogP contribution in [-0.4, -0.2) is 34.4 Å². The van der Waals surface area contributed by atoms with E-state index in [9.17, 15) is 29.8 Å². The lowest BCUT2D eigenvalue weighted by atomic mass is 10.1. The number of fused-ring (bicyclic) bond motifs is 1. The molecule has 2 aromatic rings. The molecule has 0 aliphatic rings. The van der Waals surface area contributed by atoms with E-state index in [2.05, 4.69) is 4.18 Å². The predicted octanol–water partition coefficient (Wildman–Crippen LogP) is -0.179. The topological polar surface area (TPSA) is 178 Å². The van der Waals surface area contributed by atoms with Gasteiger partial charge in [-0.2, -0.15) is 25.3 Å². The van der Waals surface area contributed by atoms with Gasteiger partial charge in [0.25, 0.3) is 31.2 Å². The normalized spacial score (nSPS) is 12.7. The Balaban J connectivity index is 3.08. The molecule has 4 N–H and O–H groups in total. The van der Waals surface area contributed by atoms with Crippen LogP contribution >= 0.6 is 0 Å². The smallest absolute Gasteiger partial charge is 0.299 e. The van der Waals surface area contributed by atoms with Gasteiger partial charge >= 0.3 is 0 Å². The average Bonchev–Trinajstić information content (AvgIpc) is 2.34. The van der Waals surface area contributed by atoms with E-state index in [-0.39, 0.29) is 5.39 Å². The number of hydrogen-bond acceptors (Lipinski definition) is 8. The molecular formula is C10H9NO9S3. The van der Waals surface area contributed by atoms with Gasteiger partial charge in [0.15, 0.2) is 5.75 Å². The molecule has 0 bridgehead atoms. The van der Waals surface area contributed by atoms with E-state index >= 15 is 0 Å². The van der Waals surface area contributed by atoms with E-state index in [0.717, 1.165) is 12.1 Å². The number of benzene rings is 2. The summed E-state index contributed by atoms with van der Waals surface area (Å²) in [7, 11) is -13.2. The maximum atomic E-state index is 11.5. The van der Waals surface area contributed by atoms with Crippen LogP contribution in [0.15, 0.2) is 34.1 Å². The SMILES string of the molecule is Nc1ccc2c(O[SH](=O)=O)cc(S(=O)(=O)O)cc2c1S(=O)(=O)O. The lowest BCUT2D eigenvalue weighted by molar-refractivity contribution is 0.479. The van der Waals surface area contributed by atoms with Crippen LogP contribution in [0.25, 0.3) is 10.8 Å². The molecular weight excluding hydrogens is 374 g/mol. The molecule has 13 heteroatoms. The zero-order valence-electron chi connectivity index (χ0n) is 10.9. The summed E-state index contributed by atoms with van der Waals surface area (Å²) in [5.74, 6) is -0.559. The van der Waals surface area contributed by atoms with Crippen LogP contribution in [0.2, 0.25) is 0 Å². The van der Waals surface area contributed by atoms with Crippen molar-refractivity contribution in [1.29, 1.82) is 0 Å². The molecule has 0 amide bonds. The Labute approximate surface area is 132 Å². The number of rotatable bonds is 4. The molecule has 23 heavy (non-hydrogen) atoms. The fraction of sp³-hybridized carbons (Fsp3) is 0. The second-order valence-electron chi connectivity index (χ2n) is 4.27. The number of nitrogen functional groups attached to an aromatic ring is 1. The zero-order valence-corrected chi connectivity index (χ0v) is 13.4. The maximum absolute atomic E-state index is 11.5. The van der Waals surface area contributed by atoms with Gasteiger partial charge in [-0.25, -0.2) is 0 Å². The highest BCUT2D eigenvalue weighted by Crippen LogP contribution is 2.36. The Morgan fingerprint density at radius 1 is 0.957 bits per heavy atom. The molecule has 0 aliphatic heterocycles. The van der Waals surface area contributed by atoms with Gasteiger partial charge in [-0.15, -0.1) is 0 Å². The standard InChI is InChI=1S/C10H9NO9S3/c11-8-2-1-6-7(10(8)23(17,18)19)3-5(22(14,15)16)4-9(6)20-21(12)13/h1-4,21H,11H2,(H,14,15,16)(H,17,18,19). The monoisotopic (exact) mass is 383 g/mol. The number of thiol groups is 1. The molecule has 0 atom stereocenters. The summed E-state index contributed by atoms with van der Waals surface area (Å²) in [6.07, 6.45) is 0. The van der Waals surface area contributed by atoms with Crippen LogP contribution in [0.5, 0.6) is 5.75 Å². The second kappa shape index (κ2) is 5.61. The molecule has 2 rings (SSSR count). The fourth-order valence-corrected chi connectivity index (χ4v) is 3.61. The van der Waals surface area contributed by atoms with Crippen molar-refractivity contribution < 1.29 is 38.5 Å². The van der Waals surface area contributed by atoms with Crippen molar-refractivity contribution in [3.8, 4) is 5.75 Å². The lowest BCUT2D eigenvalue weighted by Gasteiger charge is -2.11. The minimum atomic E-state index is -4.88. The molecule has 0 heterocycles. The van der Waals surface area contributed by atoms with Crippen molar-refractivity contribution in [2.45, 2.75) is 9.79 Å². The lowest BCUT2D eigenvalue weighted by Crippen LogP contribution is -2.06. The van der Waals surface area contributed by atoms with Crippen molar-refractivity contribution >= 4 is 47.7 Å². The number of anilines is 1. The van der Waals surface area contributed by atoms with Gasteiger partial charge < -0.3 is 9.92 Å². The predicted molar refractivity (Wildman–Crippen MR) is 78.9 cm³/mol. The van der Waals surface area contributed by atoms with E-state index in [1.807, 2.05) is 0 Å². The van der Waals surface area contributed by atoms with E-state index < -0.39 is 57.8 Å². The van der Waals surface area contributed by atoms with Gasteiger partial charge in [0.1, 0.15) is 4.90 Å². The third-order valence-corrected chi connectivity index (χ3v) is 4.93. The fourth-order valence-electron chi connectivity index (χ4n) is 1.96. The van der Waals surface area contributed by atoms with Crippen LogP contribution in [-0.2, 0) is 31.2 Å². The molecule has 0 aliphatic carbocycles. The van der Waals surface area contributed by atoms with E-state index in [1.165, 1.54) is 6.07 Å². The van der Waals surface area contributed by atoms with Gasteiger partial charge in [-0.05, 0) is 18.2 Å². The number of nitrogens with two attached hydrogens (primary N) is 1. The van der Waals surface area contributed by atoms with Crippen molar-refractivity contribution in [2.24, 2.45) is 0 Å². The molecule has 0 spiro atoms. The molecule has 0 saturated carbocycles. The first kappa shape index (κ1) is 17.4. The minimum absolute atomic E-state index is 0.154. The first-order valence-electron chi connectivity index (χ1n) is 5.55. The van der Waals surface area contributed by atoms with Crippen LogP contribution in [0.3, 0.4) is 0 Å². The summed E-state index contributed by atoms with van der Waals surface area (Å²) in [4.78, 5) is -1.68. The van der Waals surface area contributed by atoms with Crippen molar-refractivity contribution in [2.75, 3.05) is 5.73 Å². The molecule has 0 saturated heterocycles. The Morgan fingerprint density at radius 3 is 2.04 bits per heavy atom. The Bertz CT molecular complexity index is 1080. The van der Waals surface area contributed by atoms with Gasteiger partial charge in [-0.3, -0.25) is 9.11 Å². The average molecular weight is 383 g/mol. The Hall–Kier alpha value is -1.93. The molecule has 0 fully saturated rings. The highest BCUT2D eigenvalue weighted by molar-refractivity contribution is 7.86. The third-order valence-electron chi connectivity index (χ3n) is 2.78. The van der Waals surface area contributed by atoms with Crippen molar-refractivity contribution in [3.63, 3.8) is 0 Å². The second-order valence-corrected chi connectivity index (χ2v) is 7.68. The molecule has 0 radical (unpaired) electrons. The van der Waals surface area contributed by atoms with Crippen LogP contribution in [0.4, 0.5) is 5.69 Å². The quantitative estimate of drug-likeness (QED) is 0.314. The summed E-state index contributed by atoms with van der Waals surface area (Å²) in [5, 5.41) is -0.590. The van der Waals surface area contributed by atoms with Gasteiger partial charge in [0.2, 0.25) is 0 Å². The van der Waals surface area contributed by atoms with Crippen LogP contribution in [0, 0.1) is 0 Å². The van der Waals surface area contributed by atoms with E-state index in [4.69, 9.17) is 10.3 Å². The van der Waals surface area contributed by atoms with Crippen molar-refractivity contribution in [1.82, 2.24) is 0 Å². The largest absolute Gasteiger partial charge is 0.398 e. The first-order valence-corrected chi connectivity index (χ1v) is 9.52. The first-order chi connectivity index (χ1) is 10.4. The van der Waals surface area contributed by atoms with Crippen LogP contribution < -0.4 is 9.92 Å². The molecule has 0 unspecified atom stereocenters. The maximum Gasteiger partial charge on any atom is 0.299 e.